The molecule has 0 N–H and O–H groups in total. The molecule has 2 aromatic rings. The van der Waals surface area contributed by atoms with Crippen LogP contribution in [0.4, 0.5) is 5.69 Å². The molecule has 0 aliphatic heterocycles. The highest BCUT2D eigenvalue weighted by molar-refractivity contribution is 14.1. The smallest absolute Gasteiger partial charge is 0.270 e. The number of hydrogen-bond acceptors (Lipinski definition) is 3. The van der Waals surface area contributed by atoms with Crippen LogP contribution in [0.15, 0.2) is 48.5 Å². The SMILES string of the molecule is CN(Cc1ccccc1)C(=O)c1cc([N+](=O)[O-])ccc1I. The average Bonchev–Trinajstić information content (AvgIpc) is 2.47. The Bertz CT molecular complexity index is 674. The zero-order valence-electron chi connectivity index (χ0n) is 11.3. The number of rotatable bonds is 4. The second-order valence-corrected chi connectivity index (χ2v) is 5.73. The summed E-state index contributed by atoms with van der Waals surface area (Å²) >= 11 is 2.01. The highest BCUT2D eigenvalue weighted by atomic mass is 127. The first-order chi connectivity index (χ1) is 9.99. The summed E-state index contributed by atoms with van der Waals surface area (Å²) in [6, 6.07) is 13.9. The van der Waals surface area contributed by atoms with E-state index in [1.165, 1.54) is 12.1 Å². The lowest BCUT2D eigenvalue weighted by molar-refractivity contribution is -0.384. The first-order valence-corrected chi connectivity index (χ1v) is 7.30. The van der Waals surface area contributed by atoms with Gasteiger partial charge in [-0.2, -0.15) is 0 Å². The second-order valence-electron chi connectivity index (χ2n) is 4.57. The van der Waals surface area contributed by atoms with Crippen molar-refractivity contribution >= 4 is 34.2 Å². The molecule has 2 aromatic carbocycles. The first-order valence-electron chi connectivity index (χ1n) is 6.22. The van der Waals surface area contributed by atoms with E-state index in [0.29, 0.717) is 15.7 Å². The molecule has 108 valence electrons. The van der Waals surface area contributed by atoms with Crippen molar-refractivity contribution < 1.29 is 9.72 Å². The van der Waals surface area contributed by atoms with Crippen molar-refractivity contribution in [3.63, 3.8) is 0 Å². The van der Waals surface area contributed by atoms with E-state index in [2.05, 4.69) is 0 Å². The standard InChI is InChI=1S/C15H13IN2O3/c1-17(10-11-5-3-2-4-6-11)15(19)13-9-12(18(20)21)7-8-14(13)16/h2-9H,10H2,1H3. The van der Waals surface area contributed by atoms with Crippen LogP contribution < -0.4 is 0 Å². The molecular formula is C15H13IN2O3. The minimum absolute atomic E-state index is 0.0770. The van der Waals surface area contributed by atoms with Gasteiger partial charge in [0.25, 0.3) is 11.6 Å². The maximum absolute atomic E-state index is 12.4. The zero-order chi connectivity index (χ0) is 15.4. The molecule has 0 aromatic heterocycles. The molecule has 0 unspecified atom stereocenters. The van der Waals surface area contributed by atoms with Crippen molar-refractivity contribution in [3.8, 4) is 0 Å². The molecule has 0 saturated carbocycles. The first kappa shape index (κ1) is 15.4. The van der Waals surface area contributed by atoms with Crippen LogP contribution in [-0.4, -0.2) is 22.8 Å². The molecule has 0 saturated heterocycles. The van der Waals surface area contributed by atoms with Crippen LogP contribution in [0.2, 0.25) is 0 Å². The van der Waals surface area contributed by atoms with Gasteiger partial charge in [-0.15, -0.1) is 0 Å². The number of hydrogen-bond donors (Lipinski definition) is 0. The van der Waals surface area contributed by atoms with Gasteiger partial charge in [-0.3, -0.25) is 14.9 Å². The van der Waals surface area contributed by atoms with E-state index in [1.807, 2.05) is 52.9 Å². The average molecular weight is 396 g/mol. The summed E-state index contributed by atoms with van der Waals surface area (Å²) in [6.07, 6.45) is 0. The molecule has 1 amide bonds. The lowest BCUT2D eigenvalue weighted by atomic mass is 10.1. The van der Waals surface area contributed by atoms with Crippen LogP contribution in [0.3, 0.4) is 0 Å². The molecule has 0 bridgehead atoms. The fourth-order valence-corrected chi connectivity index (χ4v) is 2.49. The number of carbonyl (C=O) groups excluding carboxylic acids is 1. The normalized spacial score (nSPS) is 10.2. The Hall–Kier alpha value is -1.96. The fraction of sp³-hybridized carbons (Fsp3) is 0.133. The van der Waals surface area contributed by atoms with Crippen LogP contribution in [0.5, 0.6) is 0 Å². The van der Waals surface area contributed by atoms with E-state index in [-0.39, 0.29) is 11.6 Å². The maximum atomic E-state index is 12.4. The van der Waals surface area contributed by atoms with Crippen LogP contribution in [0.1, 0.15) is 15.9 Å². The molecule has 0 fully saturated rings. The summed E-state index contributed by atoms with van der Waals surface area (Å²) in [7, 11) is 1.68. The number of carbonyl (C=O) groups is 1. The third-order valence-corrected chi connectivity index (χ3v) is 3.94. The van der Waals surface area contributed by atoms with Crippen molar-refractivity contribution in [1.82, 2.24) is 4.90 Å². The quantitative estimate of drug-likeness (QED) is 0.452. The van der Waals surface area contributed by atoms with Gasteiger partial charge in [0.1, 0.15) is 0 Å². The third kappa shape index (κ3) is 3.78. The van der Waals surface area contributed by atoms with Gasteiger partial charge in [-0.25, -0.2) is 0 Å². The maximum Gasteiger partial charge on any atom is 0.270 e. The number of halogens is 1. The zero-order valence-corrected chi connectivity index (χ0v) is 13.5. The van der Waals surface area contributed by atoms with Gasteiger partial charge in [0, 0.05) is 29.3 Å². The highest BCUT2D eigenvalue weighted by Gasteiger charge is 2.18. The number of nitrogens with zero attached hydrogens (tertiary/aromatic N) is 2. The molecule has 0 aliphatic rings. The molecule has 21 heavy (non-hydrogen) atoms. The van der Waals surface area contributed by atoms with Crippen LogP contribution >= 0.6 is 22.6 Å². The Morgan fingerprint density at radius 2 is 1.90 bits per heavy atom. The predicted octanol–water partition coefficient (Wildman–Crippen LogP) is 3.47. The summed E-state index contributed by atoms with van der Waals surface area (Å²) < 4.78 is 0.697. The van der Waals surface area contributed by atoms with Crippen molar-refractivity contribution in [2.24, 2.45) is 0 Å². The number of nitro groups is 1. The predicted molar refractivity (Wildman–Crippen MR) is 88.1 cm³/mol. The minimum Gasteiger partial charge on any atom is -0.337 e. The molecule has 0 aliphatic carbocycles. The summed E-state index contributed by atoms with van der Waals surface area (Å²) in [4.78, 5) is 24.3. The Labute approximate surface area is 135 Å². The Balaban J connectivity index is 2.23. The van der Waals surface area contributed by atoms with E-state index in [9.17, 15) is 14.9 Å². The molecule has 5 nitrogen and oxygen atoms in total. The number of benzene rings is 2. The van der Waals surface area contributed by atoms with Gasteiger partial charge in [0.05, 0.1) is 10.5 Å². The lowest BCUT2D eigenvalue weighted by Crippen LogP contribution is -2.27. The highest BCUT2D eigenvalue weighted by Crippen LogP contribution is 2.21. The van der Waals surface area contributed by atoms with Crippen molar-refractivity contribution in [2.45, 2.75) is 6.54 Å². The number of amides is 1. The van der Waals surface area contributed by atoms with Gasteiger partial charge in [-0.05, 0) is 34.2 Å². The van der Waals surface area contributed by atoms with E-state index in [0.717, 1.165) is 5.56 Å². The van der Waals surface area contributed by atoms with Crippen molar-refractivity contribution in [2.75, 3.05) is 7.05 Å². The van der Waals surface area contributed by atoms with Gasteiger partial charge in [0.2, 0.25) is 0 Å². The van der Waals surface area contributed by atoms with Gasteiger partial charge in [0.15, 0.2) is 0 Å². The van der Waals surface area contributed by atoms with Crippen LogP contribution in [-0.2, 0) is 6.54 Å². The monoisotopic (exact) mass is 396 g/mol. The van der Waals surface area contributed by atoms with Crippen LogP contribution in [0.25, 0.3) is 0 Å². The van der Waals surface area contributed by atoms with Crippen molar-refractivity contribution in [3.05, 3.63) is 73.3 Å². The van der Waals surface area contributed by atoms with Gasteiger partial charge in [-0.1, -0.05) is 30.3 Å². The third-order valence-electron chi connectivity index (χ3n) is 3.00. The van der Waals surface area contributed by atoms with Crippen molar-refractivity contribution in [1.29, 1.82) is 0 Å². The summed E-state index contributed by atoms with van der Waals surface area (Å²) in [5.41, 5.74) is 1.28. The molecule has 0 spiro atoms. The molecule has 2 rings (SSSR count). The Morgan fingerprint density at radius 3 is 2.52 bits per heavy atom. The number of nitro benzene ring substituents is 1. The molecule has 0 radical (unpaired) electrons. The fourth-order valence-electron chi connectivity index (χ4n) is 1.93. The van der Waals surface area contributed by atoms with Gasteiger partial charge >= 0.3 is 0 Å². The topological polar surface area (TPSA) is 63.5 Å². The second kappa shape index (κ2) is 6.66. The molecular weight excluding hydrogens is 383 g/mol. The molecule has 0 heterocycles. The van der Waals surface area contributed by atoms with E-state index in [4.69, 9.17) is 0 Å². The molecule has 0 atom stereocenters. The van der Waals surface area contributed by atoms with E-state index >= 15 is 0 Å². The molecule has 6 heteroatoms. The van der Waals surface area contributed by atoms with E-state index in [1.54, 1.807) is 18.0 Å². The summed E-state index contributed by atoms with van der Waals surface area (Å²) in [5.74, 6) is -0.230. The summed E-state index contributed by atoms with van der Waals surface area (Å²) in [6.45, 7) is 0.457. The minimum atomic E-state index is -0.496. The number of non-ortho nitro benzene ring substituents is 1. The van der Waals surface area contributed by atoms with Crippen LogP contribution in [0, 0.1) is 13.7 Å². The lowest BCUT2D eigenvalue weighted by Gasteiger charge is -2.18. The summed E-state index contributed by atoms with van der Waals surface area (Å²) in [5, 5.41) is 10.8. The van der Waals surface area contributed by atoms with Gasteiger partial charge < -0.3 is 4.90 Å². The largest absolute Gasteiger partial charge is 0.337 e. The Kier molecular flexibility index (Phi) is 4.89. The van der Waals surface area contributed by atoms with E-state index < -0.39 is 4.92 Å². The Morgan fingerprint density at radius 1 is 1.24 bits per heavy atom.